The molecule has 6 nitrogen and oxygen atoms in total. The van der Waals surface area contributed by atoms with E-state index in [1.165, 1.54) is 0 Å². The lowest BCUT2D eigenvalue weighted by molar-refractivity contribution is -0.115. The van der Waals surface area contributed by atoms with Crippen molar-refractivity contribution in [3.05, 3.63) is 53.3 Å². The summed E-state index contributed by atoms with van der Waals surface area (Å²) in [7, 11) is 1.59. The Balaban J connectivity index is 1.89. The van der Waals surface area contributed by atoms with Crippen molar-refractivity contribution < 1.29 is 18.7 Å². The Bertz CT molecular complexity index is 1020. The van der Waals surface area contributed by atoms with Crippen LogP contribution in [0, 0.1) is 13.8 Å². The van der Waals surface area contributed by atoms with Gasteiger partial charge in [-0.2, -0.15) is 0 Å². The molecule has 3 aromatic rings. The highest BCUT2D eigenvalue weighted by molar-refractivity contribution is 6.07. The zero-order valence-electron chi connectivity index (χ0n) is 15.8. The first-order valence-corrected chi connectivity index (χ1v) is 8.72. The van der Waals surface area contributed by atoms with Gasteiger partial charge in [0.05, 0.1) is 7.11 Å². The molecule has 0 fully saturated rings. The molecule has 2 N–H and O–H groups in total. The van der Waals surface area contributed by atoms with Gasteiger partial charge in [-0.15, -0.1) is 0 Å². The Labute approximate surface area is 157 Å². The number of carbonyl (C=O) groups is 2. The Morgan fingerprint density at radius 2 is 1.85 bits per heavy atom. The molecular formula is C21H22N2O4. The quantitative estimate of drug-likeness (QED) is 0.688. The average Bonchev–Trinajstić information content (AvgIpc) is 3.00. The molecule has 3 rings (SSSR count). The summed E-state index contributed by atoms with van der Waals surface area (Å²) < 4.78 is 11.0. The zero-order valence-corrected chi connectivity index (χ0v) is 15.8. The van der Waals surface area contributed by atoms with Crippen molar-refractivity contribution >= 4 is 34.2 Å². The van der Waals surface area contributed by atoms with Crippen molar-refractivity contribution in [1.29, 1.82) is 0 Å². The van der Waals surface area contributed by atoms with Gasteiger partial charge in [-0.25, -0.2) is 0 Å². The summed E-state index contributed by atoms with van der Waals surface area (Å²) in [6.45, 7) is 5.51. The van der Waals surface area contributed by atoms with Crippen LogP contribution in [-0.2, 0) is 4.79 Å². The van der Waals surface area contributed by atoms with E-state index >= 15 is 0 Å². The third kappa shape index (κ3) is 3.79. The van der Waals surface area contributed by atoms with E-state index in [0.29, 0.717) is 29.1 Å². The van der Waals surface area contributed by atoms with E-state index < -0.39 is 0 Å². The summed E-state index contributed by atoms with van der Waals surface area (Å²) >= 11 is 0. The predicted molar refractivity (Wildman–Crippen MR) is 106 cm³/mol. The third-order valence-corrected chi connectivity index (χ3v) is 4.44. The van der Waals surface area contributed by atoms with E-state index in [9.17, 15) is 9.59 Å². The van der Waals surface area contributed by atoms with Crippen LogP contribution in [0.4, 0.5) is 11.4 Å². The fraction of sp³-hybridized carbons (Fsp3) is 0.238. The van der Waals surface area contributed by atoms with E-state index in [1.807, 2.05) is 26.0 Å². The number of nitrogens with one attached hydrogen (secondary N) is 2. The van der Waals surface area contributed by atoms with Crippen LogP contribution in [0.25, 0.3) is 11.0 Å². The second kappa shape index (κ2) is 7.53. The second-order valence-corrected chi connectivity index (χ2v) is 6.30. The molecular weight excluding hydrogens is 344 g/mol. The van der Waals surface area contributed by atoms with E-state index in [4.69, 9.17) is 9.15 Å². The van der Waals surface area contributed by atoms with Gasteiger partial charge in [-0.05, 0) is 49.7 Å². The van der Waals surface area contributed by atoms with Crippen molar-refractivity contribution in [3.8, 4) is 5.75 Å². The minimum atomic E-state index is -0.343. The van der Waals surface area contributed by atoms with Gasteiger partial charge in [-0.1, -0.05) is 13.0 Å². The molecule has 0 unspecified atom stereocenters. The topological polar surface area (TPSA) is 80.6 Å². The van der Waals surface area contributed by atoms with Crippen LogP contribution in [0.15, 0.2) is 40.8 Å². The number of fused-ring (bicyclic) bond motifs is 1. The first-order chi connectivity index (χ1) is 12.9. The van der Waals surface area contributed by atoms with Gasteiger partial charge < -0.3 is 19.8 Å². The maximum Gasteiger partial charge on any atom is 0.291 e. The van der Waals surface area contributed by atoms with Gasteiger partial charge in [0.1, 0.15) is 11.3 Å². The highest BCUT2D eigenvalue weighted by Gasteiger charge is 2.19. The number of methoxy groups -OCH3 is 1. The normalized spacial score (nSPS) is 10.7. The molecule has 0 radical (unpaired) electrons. The van der Waals surface area contributed by atoms with E-state index in [2.05, 4.69) is 10.6 Å². The number of benzene rings is 2. The lowest BCUT2D eigenvalue weighted by Gasteiger charge is -2.11. The summed E-state index contributed by atoms with van der Waals surface area (Å²) in [6.07, 6.45) is 0.386. The molecule has 0 saturated heterocycles. The van der Waals surface area contributed by atoms with E-state index in [1.54, 1.807) is 38.3 Å². The van der Waals surface area contributed by atoms with Crippen molar-refractivity contribution in [2.75, 3.05) is 17.7 Å². The monoisotopic (exact) mass is 366 g/mol. The van der Waals surface area contributed by atoms with Crippen molar-refractivity contribution in [2.24, 2.45) is 0 Å². The molecule has 27 heavy (non-hydrogen) atoms. The van der Waals surface area contributed by atoms with Gasteiger partial charge in [0, 0.05) is 28.7 Å². The number of anilines is 2. The Morgan fingerprint density at radius 1 is 1.07 bits per heavy atom. The minimum Gasteiger partial charge on any atom is -0.497 e. The first-order valence-electron chi connectivity index (χ1n) is 8.72. The van der Waals surface area contributed by atoms with Crippen molar-refractivity contribution in [1.82, 2.24) is 0 Å². The van der Waals surface area contributed by atoms with Gasteiger partial charge in [0.15, 0.2) is 5.76 Å². The standard InChI is InChI=1S/C21H22N2O4/c1-5-19(24)22-14-7-6-12(2)17(10-14)23-21(25)20-13(3)16-11-15(26-4)8-9-18(16)27-20/h6-11H,5H2,1-4H3,(H,22,24)(H,23,25). The Hall–Kier alpha value is -3.28. The number of carbonyl (C=O) groups excluding carboxylic acids is 2. The van der Waals surface area contributed by atoms with E-state index in [-0.39, 0.29) is 17.6 Å². The van der Waals surface area contributed by atoms with Crippen LogP contribution in [0.5, 0.6) is 5.75 Å². The minimum absolute atomic E-state index is 0.0850. The summed E-state index contributed by atoms with van der Waals surface area (Å²) in [4.78, 5) is 24.4. The molecule has 1 aromatic heterocycles. The number of amides is 2. The lowest BCUT2D eigenvalue weighted by Crippen LogP contribution is -2.14. The summed E-state index contributed by atoms with van der Waals surface area (Å²) in [5.41, 5.74) is 3.50. The molecule has 6 heteroatoms. The van der Waals surface area contributed by atoms with Crippen LogP contribution >= 0.6 is 0 Å². The number of hydrogen-bond donors (Lipinski definition) is 2. The van der Waals surface area contributed by atoms with Crippen LogP contribution in [0.3, 0.4) is 0 Å². The van der Waals surface area contributed by atoms with Crippen molar-refractivity contribution in [3.63, 3.8) is 0 Å². The fourth-order valence-electron chi connectivity index (χ4n) is 2.81. The highest BCUT2D eigenvalue weighted by atomic mass is 16.5. The van der Waals surface area contributed by atoms with Gasteiger partial charge in [0.2, 0.25) is 5.91 Å². The molecule has 2 aromatic carbocycles. The maximum absolute atomic E-state index is 12.8. The second-order valence-electron chi connectivity index (χ2n) is 6.30. The van der Waals surface area contributed by atoms with Crippen molar-refractivity contribution in [2.45, 2.75) is 27.2 Å². The van der Waals surface area contributed by atoms with Gasteiger partial charge in [0.25, 0.3) is 5.91 Å². The largest absolute Gasteiger partial charge is 0.497 e. The molecule has 140 valence electrons. The van der Waals surface area contributed by atoms with Crippen LogP contribution in [0.1, 0.15) is 35.0 Å². The SMILES string of the molecule is CCC(=O)Nc1ccc(C)c(NC(=O)c2oc3ccc(OC)cc3c2C)c1. The van der Waals surface area contributed by atoms with E-state index in [0.717, 1.165) is 16.5 Å². The summed E-state index contributed by atoms with van der Waals surface area (Å²) in [5.74, 6) is 0.525. The Kier molecular flexibility index (Phi) is 5.16. The maximum atomic E-state index is 12.8. The smallest absolute Gasteiger partial charge is 0.291 e. The number of aryl methyl sites for hydroxylation is 2. The van der Waals surface area contributed by atoms with Crippen LogP contribution in [0.2, 0.25) is 0 Å². The highest BCUT2D eigenvalue weighted by Crippen LogP contribution is 2.30. The molecule has 0 spiro atoms. The predicted octanol–water partition coefficient (Wildman–Crippen LogP) is 4.66. The number of rotatable bonds is 5. The van der Waals surface area contributed by atoms with Crippen LogP contribution in [-0.4, -0.2) is 18.9 Å². The van der Waals surface area contributed by atoms with Crippen LogP contribution < -0.4 is 15.4 Å². The zero-order chi connectivity index (χ0) is 19.6. The molecule has 0 aliphatic carbocycles. The summed E-state index contributed by atoms with van der Waals surface area (Å²) in [5, 5.41) is 6.50. The van der Waals surface area contributed by atoms with Gasteiger partial charge in [-0.3, -0.25) is 9.59 Å². The molecule has 1 heterocycles. The van der Waals surface area contributed by atoms with Gasteiger partial charge >= 0.3 is 0 Å². The number of hydrogen-bond acceptors (Lipinski definition) is 4. The molecule has 0 atom stereocenters. The molecule has 0 saturated carbocycles. The number of ether oxygens (including phenoxy) is 1. The number of furan rings is 1. The lowest BCUT2D eigenvalue weighted by atomic mass is 10.1. The summed E-state index contributed by atoms with van der Waals surface area (Å²) in [6, 6.07) is 10.8. The third-order valence-electron chi connectivity index (χ3n) is 4.44. The fourth-order valence-corrected chi connectivity index (χ4v) is 2.81. The molecule has 0 aliphatic heterocycles. The average molecular weight is 366 g/mol. The molecule has 2 amide bonds. The Morgan fingerprint density at radius 3 is 2.56 bits per heavy atom. The molecule has 0 bridgehead atoms. The first kappa shape index (κ1) is 18.5. The molecule has 0 aliphatic rings.